The Morgan fingerprint density at radius 1 is 1.18 bits per heavy atom. The number of nitrogens with one attached hydrogen (secondary N) is 2. The first kappa shape index (κ1) is 22.2. The van der Waals surface area contributed by atoms with Crippen LogP contribution in [0.3, 0.4) is 0 Å². The molecule has 0 bridgehead atoms. The number of carbonyl (C=O) groups is 1. The largest absolute Gasteiger partial charge is 0.361 e. The number of nitrogens with zero attached hydrogens (tertiary/aromatic N) is 1. The van der Waals surface area contributed by atoms with Gasteiger partial charge in [0.15, 0.2) is 9.84 Å². The Balaban J connectivity index is 1.35. The van der Waals surface area contributed by atoms with Gasteiger partial charge >= 0.3 is 0 Å². The molecule has 6 nitrogen and oxygen atoms in total. The van der Waals surface area contributed by atoms with Crippen LogP contribution in [0.25, 0.3) is 10.9 Å². The second-order valence-corrected chi connectivity index (χ2v) is 12.0. The zero-order valence-electron chi connectivity index (χ0n) is 19.1. The lowest BCUT2D eigenvalue weighted by atomic mass is 9.71. The zero-order chi connectivity index (χ0) is 23.2. The highest BCUT2D eigenvalue weighted by atomic mass is 32.2. The first-order valence-electron chi connectivity index (χ1n) is 11.6. The molecule has 1 saturated heterocycles. The SMILES string of the molecule is CN1C[C@H](CC(C(=O)NCc2ccccc2)S(C)(=O)=O)CC2c3cccc4[nH]cc(c34)C[C@H]21. The van der Waals surface area contributed by atoms with E-state index in [2.05, 4.69) is 46.6 Å². The van der Waals surface area contributed by atoms with E-state index in [-0.39, 0.29) is 5.92 Å². The number of hydrogen-bond donors (Lipinski definition) is 2. The van der Waals surface area contributed by atoms with Crippen LogP contribution in [0, 0.1) is 5.92 Å². The highest BCUT2D eigenvalue weighted by Crippen LogP contribution is 2.45. The van der Waals surface area contributed by atoms with Gasteiger partial charge in [0, 0.05) is 48.4 Å². The number of H-pyrrole nitrogens is 1. The van der Waals surface area contributed by atoms with Gasteiger partial charge in [-0.1, -0.05) is 42.5 Å². The van der Waals surface area contributed by atoms with Gasteiger partial charge in [-0.05, 0) is 55.0 Å². The number of amides is 1. The number of likely N-dealkylation sites (tertiary alicyclic amines) is 1. The Morgan fingerprint density at radius 3 is 2.73 bits per heavy atom. The lowest BCUT2D eigenvalue weighted by Crippen LogP contribution is -2.49. The van der Waals surface area contributed by atoms with Gasteiger partial charge in [-0.3, -0.25) is 4.79 Å². The van der Waals surface area contributed by atoms with E-state index in [9.17, 15) is 13.2 Å². The fourth-order valence-corrected chi connectivity index (χ4v) is 7.00. The molecular weight excluding hydrogens is 434 g/mol. The first-order valence-corrected chi connectivity index (χ1v) is 13.6. The molecule has 33 heavy (non-hydrogen) atoms. The number of aromatic nitrogens is 1. The van der Waals surface area contributed by atoms with E-state index in [0.29, 0.717) is 24.9 Å². The monoisotopic (exact) mass is 465 g/mol. The van der Waals surface area contributed by atoms with Gasteiger partial charge < -0.3 is 15.2 Å². The minimum atomic E-state index is -3.53. The highest BCUT2D eigenvalue weighted by Gasteiger charge is 2.41. The van der Waals surface area contributed by atoms with Gasteiger partial charge in [-0.25, -0.2) is 8.42 Å². The van der Waals surface area contributed by atoms with Gasteiger partial charge in [-0.15, -0.1) is 0 Å². The van der Waals surface area contributed by atoms with Crippen LogP contribution in [0.2, 0.25) is 0 Å². The van der Waals surface area contributed by atoms with Gasteiger partial charge in [0.05, 0.1) is 0 Å². The molecule has 2 aliphatic rings. The summed E-state index contributed by atoms with van der Waals surface area (Å²) in [5.74, 6) is 0.0762. The summed E-state index contributed by atoms with van der Waals surface area (Å²) in [7, 11) is -1.40. The highest BCUT2D eigenvalue weighted by molar-refractivity contribution is 7.92. The summed E-state index contributed by atoms with van der Waals surface area (Å²) in [6.45, 7) is 1.13. The van der Waals surface area contributed by atoms with Crippen molar-refractivity contribution in [1.29, 1.82) is 0 Å². The molecule has 174 valence electrons. The Bertz CT molecular complexity index is 1270. The maximum absolute atomic E-state index is 13.0. The van der Waals surface area contributed by atoms with E-state index in [4.69, 9.17) is 0 Å². The van der Waals surface area contributed by atoms with Crippen LogP contribution in [0.4, 0.5) is 0 Å². The van der Waals surface area contributed by atoms with Gasteiger partial charge in [0.1, 0.15) is 5.25 Å². The number of likely N-dealkylation sites (N-methyl/N-ethyl adjacent to an activating group) is 1. The molecular formula is C26H31N3O3S. The molecule has 5 rings (SSSR count). The number of rotatable bonds is 6. The molecule has 0 saturated carbocycles. The number of aromatic amines is 1. The summed E-state index contributed by atoms with van der Waals surface area (Å²) in [6.07, 6.45) is 5.56. The summed E-state index contributed by atoms with van der Waals surface area (Å²) in [5.41, 5.74) is 4.83. The van der Waals surface area contributed by atoms with E-state index in [0.717, 1.165) is 24.9 Å². The minimum absolute atomic E-state index is 0.134. The first-order chi connectivity index (χ1) is 15.8. The van der Waals surface area contributed by atoms with E-state index in [1.165, 1.54) is 28.3 Å². The average Bonchev–Trinajstić information content (AvgIpc) is 3.21. The minimum Gasteiger partial charge on any atom is -0.361 e. The quantitative estimate of drug-likeness (QED) is 0.586. The molecule has 1 aromatic heterocycles. The molecule has 4 atom stereocenters. The van der Waals surface area contributed by atoms with Crippen molar-refractivity contribution in [3.63, 3.8) is 0 Å². The van der Waals surface area contributed by atoms with Crippen molar-refractivity contribution in [2.24, 2.45) is 5.92 Å². The molecule has 0 radical (unpaired) electrons. The third-order valence-corrected chi connectivity index (χ3v) is 8.92. The molecule has 2 unspecified atom stereocenters. The van der Waals surface area contributed by atoms with E-state index < -0.39 is 21.0 Å². The van der Waals surface area contributed by atoms with Gasteiger partial charge in [-0.2, -0.15) is 0 Å². The van der Waals surface area contributed by atoms with Crippen LogP contribution < -0.4 is 5.32 Å². The maximum Gasteiger partial charge on any atom is 0.238 e. The second-order valence-electron chi connectivity index (χ2n) is 9.76. The molecule has 2 N–H and O–H groups in total. The van der Waals surface area contributed by atoms with Crippen LogP contribution in [0.1, 0.15) is 35.4 Å². The van der Waals surface area contributed by atoms with Crippen LogP contribution >= 0.6 is 0 Å². The summed E-state index contributed by atoms with van der Waals surface area (Å²) in [6, 6.07) is 16.4. The van der Waals surface area contributed by atoms with Crippen molar-refractivity contribution in [3.05, 3.63) is 71.4 Å². The topological polar surface area (TPSA) is 82.3 Å². The molecule has 1 aliphatic heterocycles. The fraction of sp³-hybridized carbons (Fsp3) is 0.423. The van der Waals surface area contributed by atoms with Crippen molar-refractivity contribution >= 4 is 26.6 Å². The van der Waals surface area contributed by atoms with Crippen molar-refractivity contribution < 1.29 is 13.2 Å². The number of sulfone groups is 1. The Kier molecular flexibility index (Phi) is 5.79. The van der Waals surface area contributed by atoms with Crippen LogP contribution in [0.15, 0.2) is 54.7 Å². The number of benzene rings is 2. The zero-order valence-corrected chi connectivity index (χ0v) is 19.9. The predicted octanol–water partition coefficient (Wildman–Crippen LogP) is 3.25. The Hall–Kier alpha value is -2.64. The molecule has 0 spiro atoms. The van der Waals surface area contributed by atoms with Crippen molar-refractivity contribution in [2.45, 2.75) is 43.0 Å². The predicted molar refractivity (Wildman–Crippen MR) is 131 cm³/mol. The molecule has 1 amide bonds. The molecule has 1 aliphatic carbocycles. The standard InChI is InChI=1S/C26H31N3O3S/c1-29-16-18(11-21-20-9-6-10-22-25(20)19(15-27-22)13-23(21)29)12-24(33(2,31)32)26(30)28-14-17-7-4-3-5-8-17/h3-10,15,18,21,23-24,27H,11-14,16H2,1-2H3,(H,28,30)/t18-,21?,23+,24?/m0/s1. The molecule has 2 heterocycles. The lowest BCUT2D eigenvalue weighted by molar-refractivity contribution is -0.121. The molecule has 7 heteroatoms. The van der Waals surface area contributed by atoms with Crippen LogP contribution in [0.5, 0.6) is 0 Å². The van der Waals surface area contributed by atoms with Crippen LogP contribution in [-0.4, -0.2) is 55.3 Å². The summed E-state index contributed by atoms with van der Waals surface area (Å²) >= 11 is 0. The molecule has 3 aromatic rings. The second kappa shape index (κ2) is 8.61. The van der Waals surface area contributed by atoms with E-state index in [1.807, 2.05) is 30.3 Å². The number of fused-ring (bicyclic) bond motifs is 2. The molecule has 1 fully saturated rings. The normalized spacial score (nSPS) is 23.8. The Morgan fingerprint density at radius 2 is 1.97 bits per heavy atom. The number of piperidine rings is 1. The number of carbonyl (C=O) groups excluding carboxylic acids is 1. The third-order valence-electron chi connectivity index (χ3n) is 7.48. The summed E-state index contributed by atoms with van der Waals surface area (Å²) in [5, 5.41) is 3.15. The van der Waals surface area contributed by atoms with Crippen molar-refractivity contribution in [3.8, 4) is 0 Å². The van der Waals surface area contributed by atoms with Gasteiger partial charge in [0.2, 0.25) is 5.91 Å². The number of hydrogen-bond acceptors (Lipinski definition) is 4. The smallest absolute Gasteiger partial charge is 0.238 e. The van der Waals surface area contributed by atoms with Crippen molar-refractivity contribution in [1.82, 2.24) is 15.2 Å². The van der Waals surface area contributed by atoms with Crippen LogP contribution in [-0.2, 0) is 27.6 Å². The lowest BCUT2D eigenvalue weighted by Gasteiger charge is -2.46. The van der Waals surface area contributed by atoms with Crippen molar-refractivity contribution in [2.75, 3.05) is 19.8 Å². The Labute approximate surface area is 195 Å². The third kappa shape index (κ3) is 4.32. The van der Waals surface area contributed by atoms with E-state index in [1.54, 1.807) is 0 Å². The van der Waals surface area contributed by atoms with Gasteiger partial charge in [0.25, 0.3) is 0 Å². The maximum atomic E-state index is 13.0. The fourth-order valence-electron chi connectivity index (χ4n) is 5.90. The van der Waals surface area contributed by atoms with E-state index >= 15 is 0 Å². The summed E-state index contributed by atoms with van der Waals surface area (Å²) < 4.78 is 25.3. The summed E-state index contributed by atoms with van der Waals surface area (Å²) in [4.78, 5) is 18.7. The molecule has 2 aromatic carbocycles. The average molecular weight is 466 g/mol.